The first-order valence-electron chi connectivity index (χ1n) is 11.6. The minimum atomic E-state index is -0.987. The van der Waals surface area contributed by atoms with Crippen LogP contribution in [-0.2, 0) is 4.79 Å². The van der Waals surface area contributed by atoms with Crippen molar-refractivity contribution in [3.8, 4) is 0 Å². The topological polar surface area (TPSA) is 81.0 Å². The molecule has 2 fully saturated rings. The van der Waals surface area contributed by atoms with Crippen molar-refractivity contribution in [3.05, 3.63) is 60.3 Å². The zero-order valence-corrected chi connectivity index (χ0v) is 18.5. The first-order valence-corrected chi connectivity index (χ1v) is 11.6. The Bertz CT molecular complexity index is 885. The zero-order valence-electron chi connectivity index (χ0n) is 18.5. The number of nitrogens with zero attached hydrogens (tertiary/aromatic N) is 3. The number of nitrogens with one attached hydrogen (secondary N) is 1. The number of carbonyl (C=O) groups is 2. The lowest BCUT2D eigenvalue weighted by Gasteiger charge is -2.40. The van der Waals surface area contributed by atoms with E-state index in [2.05, 4.69) is 16.0 Å². The average molecular weight is 437 g/mol. The van der Waals surface area contributed by atoms with Crippen molar-refractivity contribution < 1.29 is 19.6 Å². The highest BCUT2D eigenvalue weighted by molar-refractivity contribution is 5.94. The van der Waals surface area contributed by atoms with Crippen LogP contribution in [0.5, 0.6) is 0 Å². The van der Waals surface area contributed by atoms with Crippen LogP contribution in [-0.4, -0.2) is 67.6 Å². The fraction of sp³-hybridized carbons (Fsp3) is 0.480. The maximum Gasteiger partial charge on any atom is 0.253 e. The molecule has 0 saturated carbocycles. The number of carbonyl (C=O) groups excluding carboxylic acids is 2. The van der Waals surface area contributed by atoms with Gasteiger partial charge >= 0.3 is 0 Å². The van der Waals surface area contributed by atoms with Crippen LogP contribution in [0.15, 0.2) is 54.7 Å². The Morgan fingerprint density at radius 2 is 1.75 bits per heavy atom. The zero-order chi connectivity index (χ0) is 22.3. The van der Waals surface area contributed by atoms with Crippen molar-refractivity contribution in [2.75, 3.05) is 50.7 Å². The van der Waals surface area contributed by atoms with Crippen LogP contribution in [0.4, 0.5) is 5.82 Å². The third-order valence-corrected chi connectivity index (χ3v) is 6.94. The highest BCUT2D eigenvalue weighted by atomic mass is 16.4. The molecule has 0 bridgehead atoms. The predicted molar refractivity (Wildman–Crippen MR) is 120 cm³/mol. The lowest BCUT2D eigenvalue weighted by molar-refractivity contribution is -0.901. The molecule has 1 amide bonds. The first-order chi connectivity index (χ1) is 15.6. The summed E-state index contributed by atoms with van der Waals surface area (Å²) in [5.41, 5.74) is 0.695. The number of pyridine rings is 1. The number of anilines is 1. The smallest absolute Gasteiger partial charge is 0.253 e. The van der Waals surface area contributed by atoms with Crippen molar-refractivity contribution >= 4 is 17.7 Å². The number of hydrogen-bond acceptors (Lipinski definition) is 5. The number of quaternary nitrogens is 1. The number of aromatic nitrogens is 1. The highest BCUT2D eigenvalue weighted by Crippen LogP contribution is 2.29. The van der Waals surface area contributed by atoms with E-state index in [1.807, 2.05) is 53.6 Å². The van der Waals surface area contributed by atoms with Crippen LogP contribution < -0.4 is 14.9 Å². The summed E-state index contributed by atoms with van der Waals surface area (Å²) in [5, 5.41) is 11.3. The molecule has 0 unspecified atom stereocenters. The highest BCUT2D eigenvalue weighted by Gasteiger charge is 2.33. The summed E-state index contributed by atoms with van der Waals surface area (Å²) >= 11 is 0. The molecule has 2 atom stereocenters. The molecule has 2 aromatic rings. The fourth-order valence-electron chi connectivity index (χ4n) is 5.07. The van der Waals surface area contributed by atoms with Crippen LogP contribution in [0.3, 0.4) is 0 Å². The van der Waals surface area contributed by atoms with E-state index in [9.17, 15) is 14.7 Å². The monoisotopic (exact) mass is 436 g/mol. The normalized spacial score (nSPS) is 22.0. The molecule has 1 N–H and O–H groups in total. The van der Waals surface area contributed by atoms with Crippen LogP contribution in [0.2, 0.25) is 0 Å². The van der Waals surface area contributed by atoms with Crippen molar-refractivity contribution in [1.82, 2.24) is 9.88 Å². The van der Waals surface area contributed by atoms with Gasteiger partial charge in [0.15, 0.2) is 0 Å². The van der Waals surface area contributed by atoms with Gasteiger partial charge in [-0.3, -0.25) is 4.79 Å². The number of aliphatic carboxylic acids is 1. The Balaban J connectivity index is 1.33. The number of rotatable bonds is 7. The van der Waals surface area contributed by atoms with Gasteiger partial charge in [-0.2, -0.15) is 0 Å². The molecule has 4 rings (SSSR count). The maximum absolute atomic E-state index is 12.9. The SMILES string of the molecule is O=C([O-])C[C@@H]1CCN(C(=O)c2ccccc2)C[C@@H]1CC[NH+]1CCN(c2ccccn2)CC1. The Kier molecular flexibility index (Phi) is 7.37. The Morgan fingerprint density at radius 3 is 2.44 bits per heavy atom. The molecule has 7 heteroatoms. The lowest BCUT2D eigenvalue weighted by atomic mass is 9.81. The van der Waals surface area contributed by atoms with E-state index in [1.54, 1.807) is 0 Å². The van der Waals surface area contributed by atoms with Crippen molar-refractivity contribution in [2.45, 2.75) is 19.3 Å². The van der Waals surface area contributed by atoms with Crippen molar-refractivity contribution in [3.63, 3.8) is 0 Å². The van der Waals surface area contributed by atoms with Gasteiger partial charge in [-0.1, -0.05) is 24.3 Å². The molecule has 1 aromatic carbocycles. The molecule has 2 aliphatic heterocycles. The maximum atomic E-state index is 12.9. The second kappa shape index (κ2) is 10.6. The Morgan fingerprint density at radius 1 is 1.00 bits per heavy atom. The Hall–Kier alpha value is -2.93. The second-order valence-electron chi connectivity index (χ2n) is 8.97. The number of piperidine rings is 1. The molecular formula is C25H32N4O3. The fourth-order valence-corrected chi connectivity index (χ4v) is 5.07. The van der Waals surface area contributed by atoms with Gasteiger partial charge in [0.05, 0.1) is 32.7 Å². The summed E-state index contributed by atoms with van der Waals surface area (Å²) in [4.78, 5) is 34.5. The van der Waals surface area contributed by atoms with Gasteiger partial charge in [0.1, 0.15) is 5.82 Å². The molecule has 0 radical (unpaired) electrons. The van der Waals surface area contributed by atoms with E-state index >= 15 is 0 Å². The minimum absolute atomic E-state index is 0.0406. The lowest BCUT2D eigenvalue weighted by Crippen LogP contribution is -3.15. The summed E-state index contributed by atoms with van der Waals surface area (Å²) < 4.78 is 0. The number of piperazine rings is 1. The van der Waals surface area contributed by atoms with Gasteiger partial charge in [0.25, 0.3) is 5.91 Å². The van der Waals surface area contributed by atoms with E-state index < -0.39 is 5.97 Å². The third-order valence-electron chi connectivity index (χ3n) is 6.94. The number of likely N-dealkylation sites (tertiary alicyclic amines) is 1. The third kappa shape index (κ3) is 5.65. The molecule has 0 spiro atoms. The molecule has 7 nitrogen and oxygen atoms in total. The molecule has 32 heavy (non-hydrogen) atoms. The summed E-state index contributed by atoms with van der Waals surface area (Å²) in [6.07, 6.45) is 3.56. The molecule has 0 aliphatic carbocycles. The van der Waals surface area contributed by atoms with E-state index in [0.717, 1.165) is 51.4 Å². The molecular weight excluding hydrogens is 404 g/mol. The molecule has 1 aromatic heterocycles. The van der Waals surface area contributed by atoms with E-state index in [1.165, 1.54) is 4.90 Å². The summed E-state index contributed by atoms with van der Waals surface area (Å²) in [6, 6.07) is 15.3. The Labute approximate surface area is 189 Å². The number of carboxylic acid groups (broad SMARTS) is 1. The summed E-state index contributed by atoms with van der Waals surface area (Å²) in [6.45, 7) is 6.26. The summed E-state index contributed by atoms with van der Waals surface area (Å²) in [5.74, 6) is 0.352. The van der Waals surface area contributed by atoms with Crippen LogP contribution in [0, 0.1) is 11.8 Å². The predicted octanol–water partition coefficient (Wildman–Crippen LogP) is 0.0951. The van der Waals surface area contributed by atoms with E-state index in [4.69, 9.17) is 0 Å². The van der Waals surface area contributed by atoms with Crippen LogP contribution >= 0.6 is 0 Å². The number of amides is 1. The quantitative estimate of drug-likeness (QED) is 0.666. The van der Waals surface area contributed by atoms with Crippen LogP contribution in [0.25, 0.3) is 0 Å². The van der Waals surface area contributed by atoms with Crippen LogP contribution in [0.1, 0.15) is 29.6 Å². The largest absolute Gasteiger partial charge is 0.550 e. The number of benzene rings is 1. The van der Waals surface area contributed by atoms with Gasteiger partial charge in [-0.25, -0.2) is 4.98 Å². The molecule has 2 saturated heterocycles. The van der Waals surface area contributed by atoms with Gasteiger partial charge in [0.2, 0.25) is 0 Å². The second-order valence-corrected chi connectivity index (χ2v) is 8.97. The van der Waals surface area contributed by atoms with Gasteiger partial charge < -0.3 is 24.6 Å². The summed E-state index contributed by atoms with van der Waals surface area (Å²) in [7, 11) is 0. The molecule has 170 valence electrons. The van der Waals surface area contributed by atoms with E-state index in [-0.39, 0.29) is 24.2 Å². The average Bonchev–Trinajstić information content (AvgIpc) is 2.84. The first kappa shape index (κ1) is 22.3. The van der Waals surface area contributed by atoms with E-state index in [0.29, 0.717) is 18.7 Å². The van der Waals surface area contributed by atoms with Gasteiger partial charge in [-0.15, -0.1) is 0 Å². The number of carboxylic acids is 1. The minimum Gasteiger partial charge on any atom is -0.550 e. The number of hydrogen-bond donors (Lipinski definition) is 1. The van der Waals surface area contributed by atoms with Gasteiger partial charge in [-0.05, 0) is 48.9 Å². The van der Waals surface area contributed by atoms with Crippen molar-refractivity contribution in [1.29, 1.82) is 0 Å². The van der Waals surface area contributed by atoms with Crippen molar-refractivity contribution in [2.24, 2.45) is 11.8 Å². The molecule has 3 heterocycles. The van der Waals surface area contributed by atoms with Gasteiger partial charge in [0, 0.05) is 37.2 Å². The standard InChI is InChI=1S/C25H32N4O3/c30-24(31)18-21-10-13-29(25(32)20-6-2-1-3-7-20)19-22(21)9-12-27-14-16-28(17-15-27)23-8-4-5-11-26-23/h1-8,11,21-22H,9-10,12-19H2,(H,30,31)/t21-,22-/m0/s1. The molecule has 2 aliphatic rings.